The average Bonchev–Trinajstić information content (AvgIpc) is 3.23. The van der Waals surface area contributed by atoms with Crippen LogP contribution in [-0.2, 0) is 9.53 Å². The average molecular weight is 563 g/mol. The fourth-order valence-corrected chi connectivity index (χ4v) is 4.67. The summed E-state index contributed by atoms with van der Waals surface area (Å²) in [6, 6.07) is 17.8. The van der Waals surface area contributed by atoms with Gasteiger partial charge < -0.3 is 30.3 Å². The van der Waals surface area contributed by atoms with E-state index >= 15 is 0 Å². The number of anilines is 2. The Hall–Kier alpha value is -4.93. The van der Waals surface area contributed by atoms with Crippen molar-refractivity contribution >= 4 is 35.3 Å². The van der Waals surface area contributed by atoms with Crippen molar-refractivity contribution in [2.24, 2.45) is 0 Å². The molecule has 0 saturated carbocycles. The summed E-state index contributed by atoms with van der Waals surface area (Å²) >= 11 is 0. The van der Waals surface area contributed by atoms with E-state index in [-0.39, 0.29) is 11.5 Å². The molecule has 11 heteroatoms. The SMILES string of the molecule is COC(=O)N1CCCN(c2ccc(C(=O)NC(CC(=O)O)c3ccc(F)cc3)cc2NC(=O)c2ccccc2)CC1. The smallest absolute Gasteiger partial charge is 0.409 e. The number of benzene rings is 3. The highest BCUT2D eigenvalue weighted by Gasteiger charge is 2.24. The molecule has 0 aliphatic carbocycles. The van der Waals surface area contributed by atoms with Gasteiger partial charge in [0.05, 0.1) is 30.9 Å². The van der Waals surface area contributed by atoms with E-state index in [2.05, 4.69) is 10.6 Å². The fourth-order valence-electron chi connectivity index (χ4n) is 4.67. The molecule has 10 nitrogen and oxygen atoms in total. The Morgan fingerprint density at radius 1 is 0.902 bits per heavy atom. The molecule has 1 aliphatic rings. The summed E-state index contributed by atoms with van der Waals surface area (Å²) < 4.78 is 18.3. The second kappa shape index (κ2) is 13.4. The number of carboxylic acid groups (broad SMARTS) is 1. The molecule has 1 atom stereocenters. The summed E-state index contributed by atoms with van der Waals surface area (Å²) in [6.45, 7) is 2.00. The molecule has 3 N–H and O–H groups in total. The summed E-state index contributed by atoms with van der Waals surface area (Å²) in [4.78, 5) is 53.6. The van der Waals surface area contributed by atoms with Crippen LogP contribution in [0.1, 0.15) is 45.2 Å². The highest BCUT2D eigenvalue weighted by Crippen LogP contribution is 2.30. The number of carbonyl (C=O) groups excluding carboxylic acids is 3. The Bertz CT molecular complexity index is 1400. The van der Waals surface area contributed by atoms with Crippen LogP contribution in [-0.4, -0.2) is 67.2 Å². The number of amides is 3. The van der Waals surface area contributed by atoms with Gasteiger partial charge in [0.2, 0.25) is 0 Å². The van der Waals surface area contributed by atoms with Crippen LogP contribution in [0.2, 0.25) is 0 Å². The zero-order valence-electron chi connectivity index (χ0n) is 22.5. The number of aliphatic carboxylic acids is 1. The number of nitrogens with one attached hydrogen (secondary N) is 2. The molecule has 0 bridgehead atoms. The third-order valence-corrected chi connectivity index (χ3v) is 6.77. The Morgan fingerprint density at radius 3 is 2.32 bits per heavy atom. The van der Waals surface area contributed by atoms with Gasteiger partial charge in [0, 0.05) is 37.3 Å². The van der Waals surface area contributed by atoms with Crippen molar-refractivity contribution in [2.45, 2.75) is 18.9 Å². The zero-order valence-corrected chi connectivity index (χ0v) is 22.5. The minimum Gasteiger partial charge on any atom is -0.481 e. The quantitative estimate of drug-likeness (QED) is 0.373. The number of ether oxygens (including phenoxy) is 1. The Kier molecular flexibility index (Phi) is 9.51. The lowest BCUT2D eigenvalue weighted by Crippen LogP contribution is -2.35. The summed E-state index contributed by atoms with van der Waals surface area (Å²) in [6.07, 6.45) is -0.149. The van der Waals surface area contributed by atoms with Gasteiger partial charge in [-0.2, -0.15) is 0 Å². The van der Waals surface area contributed by atoms with Crippen molar-refractivity contribution < 1.29 is 33.4 Å². The van der Waals surface area contributed by atoms with E-state index in [1.807, 2.05) is 4.90 Å². The van der Waals surface area contributed by atoms with Gasteiger partial charge in [-0.15, -0.1) is 0 Å². The van der Waals surface area contributed by atoms with E-state index in [1.54, 1.807) is 47.4 Å². The molecule has 0 spiro atoms. The van der Waals surface area contributed by atoms with Gasteiger partial charge in [-0.25, -0.2) is 9.18 Å². The highest BCUT2D eigenvalue weighted by atomic mass is 19.1. The van der Waals surface area contributed by atoms with E-state index in [0.717, 1.165) is 0 Å². The number of hydrogen-bond donors (Lipinski definition) is 3. The third kappa shape index (κ3) is 7.59. The van der Waals surface area contributed by atoms with E-state index < -0.39 is 36.2 Å². The van der Waals surface area contributed by atoms with Crippen LogP contribution < -0.4 is 15.5 Å². The predicted molar refractivity (Wildman–Crippen MR) is 151 cm³/mol. The molecule has 0 aromatic heterocycles. The largest absolute Gasteiger partial charge is 0.481 e. The molecule has 1 fully saturated rings. The lowest BCUT2D eigenvalue weighted by Gasteiger charge is -2.26. The number of halogens is 1. The molecular formula is C30H31FN4O6. The monoisotopic (exact) mass is 562 g/mol. The van der Waals surface area contributed by atoms with Crippen LogP contribution in [0.3, 0.4) is 0 Å². The van der Waals surface area contributed by atoms with Crippen molar-refractivity contribution in [1.82, 2.24) is 10.2 Å². The first kappa shape index (κ1) is 29.1. The van der Waals surface area contributed by atoms with Crippen LogP contribution in [0.4, 0.5) is 20.6 Å². The van der Waals surface area contributed by atoms with Crippen molar-refractivity contribution in [1.29, 1.82) is 0 Å². The lowest BCUT2D eigenvalue weighted by molar-refractivity contribution is -0.137. The topological polar surface area (TPSA) is 128 Å². The molecule has 1 unspecified atom stereocenters. The molecule has 41 heavy (non-hydrogen) atoms. The number of methoxy groups -OCH3 is 1. The molecule has 1 saturated heterocycles. The molecule has 1 heterocycles. The molecule has 214 valence electrons. The van der Waals surface area contributed by atoms with Crippen molar-refractivity contribution in [3.05, 3.63) is 95.3 Å². The van der Waals surface area contributed by atoms with E-state index in [0.29, 0.717) is 55.1 Å². The highest BCUT2D eigenvalue weighted by molar-refractivity contribution is 6.07. The fraction of sp³-hybridized carbons (Fsp3) is 0.267. The predicted octanol–water partition coefficient (Wildman–Crippen LogP) is 4.30. The van der Waals surface area contributed by atoms with Gasteiger partial charge in [-0.05, 0) is 54.4 Å². The molecule has 3 amide bonds. The lowest BCUT2D eigenvalue weighted by atomic mass is 10.0. The molecule has 3 aromatic rings. The normalized spacial score (nSPS) is 14.0. The maximum Gasteiger partial charge on any atom is 0.409 e. The van der Waals surface area contributed by atoms with Crippen LogP contribution >= 0.6 is 0 Å². The van der Waals surface area contributed by atoms with Gasteiger partial charge in [0.25, 0.3) is 11.8 Å². The van der Waals surface area contributed by atoms with E-state index in [4.69, 9.17) is 4.74 Å². The minimum absolute atomic E-state index is 0.195. The standard InChI is InChI=1S/C30H31FN4O6/c1-41-30(40)35-15-5-14-34(16-17-35)26-13-10-22(18-25(26)33-28(38)21-6-3-2-4-7-21)29(39)32-24(19-27(36)37)20-8-11-23(31)12-9-20/h2-4,6-13,18,24H,5,14-17,19H2,1H3,(H,32,39)(H,33,38)(H,36,37). The van der Waals surface area contributed by atoms with Gasteiger partial charge in [-0.3, -0.25) is 14.4 Å². The first-order valence-electron chi connectivity index (χ1n) is 13.1. The zero-order chi connectivity index (χ0) is 29.4. The summed E-state index contributed by atoms with van der Waals surface area (Å²) in [5.74, 6) is -2.54. The maximum absolute atomic E-state index is 13.4. The van der Waals surface area contributed by atoms with Gasteiger partial charge >= 0.3 is 12.1 Å². The Balaban J connectivity index is 1.62. The van der Waals surface area contributed by atoms with Crippen molar-refractivity contribution in [2.75, 3.05) is 43.5 Å². The minimum atomic E-state index is -1.13. The third-order valence-electron chi connectivity index (χ3n) is 6.77. The summed E-state index contributed by atoms with van der Waals surface area (Å²) in [5.41, 5.74) is 2.11. The molecule has 4 rings (SSSR count). The molecule has 3 aromatic carbocycles. The number of hydrogen-bond acceptors (Lipinski definition) is 6. The van der Waals surface area contributed by atoms with E-state index in [1.165, 1.54) is 37.4 Å². The van der Waals surface area contributed by atoms with Crippen LogP contribution in [0.25, 0.3) is 0 Å². The second-order valence-corrected chi connectivity index (χ2v) is 9.53. The number of rotatable bonds is 8. The first-order valence-corrected chi connectivity index (χ1v) is 13.1. The molecule has 0 radical (unpaired) electrons. The summed E-state index contributed by atoms with van der Waals surface area (Å²) in [7, 11) is 1.34. The van der Waals surface area contributed by atoms with Gasteiger partial charge in [0.1, 0.15) is 5.82 Å². The Labute approximate surface area is 236 Å². The molecule has 1 aliphatic heterocycles. The van der Waals surface area contributed by atoms with E-state index in [9.17, 15) is 28.7 Å². The second-order valence-electron chi connectivity index (χ2n) is 9.53. The van der Waals surface area contributed by atoms with Gasteiger partial charge in [0.15, 0.2) is 0 Å². The Morgan fingerprint density at radius 2 is 1.63 bits per heavy atom. The van der Waals surface area contributed by atoms with Crippen molar-refractivity contribution in [3.8, 4) is 0 Å². The van der Waals surface area contributed by atoms with Crippen molar-refractivity contribution in [3.63, 3.8) is 0 Å². The van der Waals surface area contributed by atoms with Crippen LogP contribution in [0.15, 0.2) is 72.8 Å². The maximum atomic E-state index is 13.4. The number of nitrogens with zero attached hydrogens (tertiary/aromatic N) is 2. The molecular weight excluding hydrogens is 531 g/mol. The van der Waals surface area contributed by atoms with Crippen LogP contribution in [0.5, 0.6) is 0 Å². The number of carbonyl (C=O) groups is 4. The van der Waals surface area contributed by atoms with Crippen LogP contribution in [0, 0.1) is 5.82 Å². The number of carboxylic acids is 1. The first-order chi connectivity index (χ1) is 19.7. The van der Waals surface area contributed by atoms with Gasteiger partial charge in [-0.1, -0.05) is 30.3 Å². The summed E-state index contributed by atoms with van der Waals surface area (Å²) in [5, 5.41) is 15.0.